The highest BCUT2D eigenvalue weighted by molar-refractivity contribution is 5.85. The van der Waals surface area contributed by atoms with E-state index in [9.17, 15) is 0 Å². The van der Waals surface area contributed by atoms with E-state index >= 15 is 0 Å². The molecule has 0 amide bonds. The summed E-state index contributed by atoms with van der Waals surface area (Å²) in [6.07, 6.45) is 3.56. The molecule has 3 aromatic carbocycles. The molecule has 0 bridgehead atoms. The number of piperidine rings is 1. The number of ether oxygens (including phenoxy) is 2. The van der Waals surface area contributed by atoms with Crippen molar-refractivity contribution in [2.75, 3.05) is 32.8 Å². The zero-order valence-electron chi connectivity index (χ0n) is 16.3. The predicted molar refractivity (Wildman–Crippen MR) is 113 cm³/mol. The van der Waals surface area contributed by atoms with Gasteiger partial charge in [0, 0.05) is 6.54 Å². The molecule has 3 heteroatoms. The van der Waals surface area contributed by atoms with Crippen molar-refractivity contribution in [3.63, 3.8) is 0 Å². The van der Waals surface area contributed by atoms with E-state index in [2.05, 4.69) is 65.6 Å². The van der Waals surface area contributed by atoms with Gasteiger partial charge in [-0.1, -0.05) is 48.5 Å². The van der Waals surface area contributed by atoms with Crippen LogP contribution in [0.2, 0.25) is 0 Å². The van der Waals surface area contributed by atoms with Gasteiger partial charge in [-0.2, -0.15) is 0 Å². The number of hydrogen-bond donors (Lipinski definition) is 0. The summed E-state index contributed by atoms with van der Waals surface area (Å²) >= 11 is 0. The molecule has 144 valence electrons. The lowest BCUT2D eigenvalue weighted by Crippen LogP contribution is -2.34. The monoisotopic (exact) mass is 373 g/mol. The molecule has 2 aliphatic heterocycles. The summed E-state index contributed by atoms with van der Waals surface area (Å²) in [5.74, 6) is 2.44. The van der Waals surface area contributed by atoms with Crippen LogP contribution in [-0.4, -0.2) is 37.7 Å². The third-order valence-electron chi connectivity index (χ3n) is 6.20. The average molecular weight is 373 g/mol. The van der Waals surface area contributed by atoms with Gasteiger partial charge in [-0.05, 0) is 72.3 Å². The largest absolute Gasteiger partial charge is 0.486 e. The maximum atomic E-state index is 5.76. The first-order valence-corrected chi connectivity index (χ1v) is 10.5. The minimum atomic E-state index is 0.629. The Kier molecular flexibility index (Phi) is 4.92. The Hall–Kier alpha value is -2.52. The van der Waals surface area contributed by atoms with Gasteiger partial charge in [0.2, 0.25) is 0 Å². The molecule has 2 aliphatic rings. The minimum absolute atomic E-state index is 0.629. The molecule has 0 unspecified atom stereocenters. The lowest BCUT2D eigenvalue weighted by Gasteiger charge is -2.32. The third-order valence-corrected chi connectivity index (χ3v) is 6.20. The standard InChI is InChI=1S/C25H27NO2/c1-2-7-23-20(4-1)5-3-6-21(23)12-15-26-13-10-19(11-14-26)22-8-9-24-25(18-22)28-17-16-27-24/h1-9,18-19H,10-17H2. The van der Waals surface area contributed by atoms with Crippen LogP contribution in [0.15, 0.2) is 60.7 Å². The molecule has 1 saturated heterocycles. The first-order chi connectivity index (χ1) is 13.9. The lowest BCUT2D eigenvalue weighted by molar-refractivity contribution is 0.171. The summed E-state index contributed by atoms with van der Waals surface area (Å²) in [5, 5.41) is 2.74. The van der Waals surface area contributed by atoms with E-state index in [1.54, 1.807) is 0 Å². The van der Waals surface area contributed by atoms with Gasteiger partial charge in [0.05, 0.1) is 0 Å². The zero-order valence-corrected chi connectivity index (χ0v) is 16.3. The van der Waals surface area contributed by atoms with E-state index in [0.717, 1.165) is 24.5 Å². The molecular formula is C25H27NO2. The van der Waals surface area contributed by atoms with Crippen LogP contribution in [0.5, 0.6) is 11.5 Å². The molecule has 0 aliphatic carbocycles. The Bertz CT molecular complexity index is 954. The van der Waals surface area contributed by atoms with Crippen LogP contribution in [0.4, 0.5) is 0 Å². The quantitative estimate of drug-likeness (QED) is 0.640. The highest BCUT2D eigenvalue weighted by Crippen LogP contribution is 2.36. The third kappa shape index (κ3) is 3.59. The fraction of sp³-hybridized carbons (Fsp3) is 0.360. The smallest absolute Gasteiger partial charge is 0.161 e. The van der Waals surface area contributed by atoms with E-state index in [4.69, 9.17) is 9.47 Å². The minimum Gasteiger partial charge on any atom is -0.486 e. The van der Waals surface area contributed by atoms with Crippen LogP contribution >= 0.6 is 0 Å². The van der Waals surface area contributed by atoms with Crippen molar-refractivity contribution in [1.82, 2.24) is 4.90 Å². The van der Waals surface area contributed by atoms with Crippen molar-refractivity contribution < 1.29 is 9.47 Å². The van der Waals surface area contributed by atoms with Crippen LogP contribution in [0.3, 0.4) is 0 Å². The van der Waals surface area contributed by atoms with Crippen molar-refractivity contribution in [2.45, 2.75) is 25.2 Å². The molecule has 28 heavy (non-hydrogen) atoms. The lowest BCUT2D eigenvalue weighted by atomic mass is 9.89. The Morgan fingerprint density at radius 3 is 2.50 bits per heavy atom. The number of hydrogen-bond acceptors (Lipinski definition) is 3. The van der Waals surface area contributed by atoms with Crippen molar-refractivity contribution >= 4 is 10.8 Å². The topological polar surface area (TPSA) is 21.7 Å². The predicted octanol–water partition coefficient (Wildman–Crippen LogP) is 5.03. The van der Waals surface area contributed by atoms with Gasteiger partial charge in [-0.25, -0.2) is 0 Å². The number of nitrogens with zero attached hydrogens (tertiary/aromatic N) is 1. The SMILES string of the molecule is c1ccc2c(CCN3CCC(c4ccc5c(c4)OCCO5)CC3)cccc2c1. The molecule has 3 nitrogen and oxygen atoms in total. The van der Waals surface area contributed by atoms with Gasteiger partial charge in [0.25, 0.3) is 0 Å². The molecule has 0 aromatic heterocycles. The first kappa shape index (κ1) is 17.6. The van der Waals surface area contributed by atoms with Crippen molar-refractivity contribution in [2.24, 2.45) is 0 Å². The highest BCUT2D eigenvalue weighted by atomic mass is 16.6. The molecule has 0 spiro atoms. The van der Waals surface area contributed by atoms with E-state index in [1.165, 1.54) is 47.8 Å². The van der Waals surface area contributed by atoms with Crippen LogP contribution in [0.1, 0.15) is 29.9 Å². The van der Waals surface area contributed by atoms with Gasteiger partial charge in [-0.15, -0.1) is 0 Å². The number of fused-ring (bicyclic) bond motifs is 2. The van der Waals surface area contributed by atoms with E-state index in [1.807, 2.05) is 0 Å². The van der Waals surface area contributed by atoms with Gasteiger partial charge in [0.1, 0.15) is 13.2 Å². The van der Waals surface area contributed by atoms with Gasteiger partial charge in [0.15, 0.2) is 11.5 Å². The summed E-state index contributed by atoms with van der Waals surface area (Å²) in [6.45, 7) is 4.79. The Morgan fingerprint density at radius 2 is 1.61 bits per heavy atom. The summed E-state index contributed by atoms with van der Waals surface area (Å²) in [4.78, 5) is 2.62. The second-order valence-corrected chi connectivity index (χ2v) is 7.91. The van der Waals surface area contributed by atoms with Gasteiger partial charge in [-0.3, -0.25) is 0 Å². The normalized spacial score (nSPS) is 17.7. The van der Waals surface area contributed by atoms with Crippen molar-refractivity contribution in [1.29, 1.82) is 0 Å². The van der Waals surface area contributed by atoms with E-state index in [0.29, 0.717) is 19.1 Å². The van der Waals surface area contributed by atoms with Gasteiger partial charge < -0.3 is 14.4 Å². The second kappa shape index (κ2) is 7.84. The molecule has 0 saturated carbocycles. The fourth-order valence-electron chi connectivity index (χ4n) is 4.59. The molecule has 5 rings (SSSR count). The van der Waals surface area contributed by atoms with Crippen LogP contribution < -0.4 is 9.47 Å². The van der Waals surface area contributed by atoms with E-state index < -0.39 is 0 Å². The molecule has 0 radical (unpaired) electrons. The Labute approximate surface area is 166 Å². The highest BCUT2D eigenvalue weighted by Gasteiger charge is 2.22. The number of likely N-dealkylation sites (tertiary alicyclic amines) is 1. The molecule has 2 heterocycles. The Morgan fingerprint density at radius 1 is 0.821 bits per heavy atom. The van der Waals surface area contributed by atoms with Gasteiger partial charge >= 0.3 is 0 Å². The summed E-state index contributed by atoms with van der Waals surface area (Å²) < 4.78 is 11.4. The molecule has 1 fully saturated rings. The van der Waals surface area contributed by atoms with Crippen molar-refractivity contribution in [3.8, 4) is 11.5 Å². The zero-order chi connectivity index (χ0) is 18.8. The molecular weight excluding hydrogens is 346 g/mol. The molecule has 3 aromatic rings. The average Bonchev–Trinajstić information content (AvgIpc) is 2.77. The summed E-state index contributed by atoms with van der Waals surface area (Å²) in [5.41, 5.74) is 2.87. The summed E-state index contributed by atoms with van der Waals surface area (Å²) in [7, 11) is 0. The first-order valence-electron chi connectivity index (χ1n) is 10.5. The fourth-order valence-corrected chi connectivity index (χ4v) is 4.59. The van der Waals surface area contributed by atoms with Crippen molar-refractivity contribution in [3.05, 3.63) is 71.8 Å². The number of benzene rings is 3. The maximum Gasteiger partial charge on any atom is 0.161 e. The van der Waals surface area contributed by atoms with Crippen LogP contribution in [0, 0.1) is 0 Å². The van der Waals surface area contributed by atoms with E-state index in [-0.39, 0.29) is 0 Å². The molecule has 0 atom stereocenters. The second-order valence-electron chi connectivity index (χ2n) is 7.91. The molecule has 0 N–H and O–H groups in total. The summed E-state index contributed by atoms with van der Waals surface area (Å²) in [6, 6.07) is 21.9. The van der Waals surface area contributed by atoms with Crippen LogP contribution in [0.25, 0.3) is 10.8 Å². The Balaban J connectivity index is 1.19. The maximum absolute atomic E-state index is 5.76. The van der Waals surface area contributed by atoms with Crippen LogP contribution in [-0.2, 0) is 6.42 Å². The number of rotatable bonds is 4.